The van der Waals surface area contributed by atoms with Crippen LogP contribution in [0.1, 0.15) is 76.2 Å². The van der Waals surface area contributed by atoms with Crippen molar-refractivity contribution in [1.29, 1.82) is 0 Å². The molecule has 11 nitrogen and oxygen atoms in total. The number of esters is 1. The number of fused-ring (bicyclic) bond motifs is 1. The van der Waals surface area contributed by atoms with Gasteiger partial charge in [-0.05, 0) is 81.4 Å². The zero-order valence-corrected chi connectivity index (χ0v) is 22.4. The van der Waals surface area contributed by atoms with Crippen molar-refractivity contribution in [2.45, 2.75) is 64.5 Å². The molecule has 0 spiro atoms. The van der Waals surface area contributed by atoms with Gasteiger partial charge in [0.05, 0.1) is 30.7 Å². The van der Waals surface area contributed by atoms with Crippen LogP contribution in [-0.2, 0) is 27.3 Å². The molecular formula is C28H39N7O4. The summed E-state index contributed by atoms with van der Waals surface area (Å²) < 4.78 is 8.43. The number of imidazole rings is 1. The molecule has 2 amide bonds. The average molecular weight is 538 g/mol. The Morgan fingerprint density at radius 3 is 2.67 bits per heavy atom. The molecule has 2 aliphatic carbocycles. The molecule has 1 unspecified atom stereocenters. The maximum absolute atomic E-state index is 13.4. The number of methoxy groups -OCH3 is 1. The highest BCUT2D eigenvalue weighted by Gasteiger charge is 2.49. The smallest absolute Gasteiger partial charge is 0.321 e. The number of amides is 2. The minimum absolute atomic E-state index is 0. The van der Waals surface area contributed by atoms with Crippen LogP contribution in [0.15, 0.2) is 30.6 Å². The highest BCUT2D eigenvalue weighted by Crippen LogP contribution is 2.54. The fourth-order valence-corrected chi connectivity index (χ4v) is 6.25. The number of nitrogens with one attached hydrogen (secondary N) is 2. The van der Waals surface area contributed by atoms with Crippen LogP contribution >= 0.6 is 0 Å². The summed E-state index contributed by atoms with van der Waals surface area (Å²) in [6, 6.07) is 5.17. The number of hydrogen-bond acceptors (Lipinski definition) is 7. The van der Waals surface area contributed by atoms with Gasteiger partial charge in [0.25, 0.3) is 5.91 Å². The molecule has 0 aromatic carbocycles. The van der Waals surface area contributed by atoms with Gasteiger partial charge in [-0.3, -0.25) is 19.1 Å². The molecule has 2 saturated carbocycles. The van der Waals surface area contributed by atoms with Gasteiger partial charge in [0.15, 0.2) is 11.1 Å². The van der Waals surface area contributed by atoms with Gasteiger partial charge in [0.2, 0.25) is 5.91 Å². The van der Waals surface area contributed by atoms with E-state index in [2.05, 4.69) is 15.7 Å². The number of hydrogen-bond donors (Lipinski definition) is 2. The molecule has 6 rings (SSSR count). The third kappa shape index (κ3) is 4.79. The third-order valence-electron chi connectivity index (χ3n) is 8.52. The minimum Gasteiger partial charge on any atom is -0.468 e. The third-order valence-corrected chi connectivity index (χ3v) is 8.52. The highest BCUT2D eigenvalue weighted by molar-refractivity contribution is 6.03. The molecule has 3 fully saturated rings. The predicted molar refractivity (Wildman–Crippen MR) is 145 cm³/mol. The largest absolute Gasteiger partial charge is 0.468 e. The zero-order valence-electron chi connectivity index (χ0n) is 22.4. The second-order valence-corrected chi connectivity index (χ2v) is 11.1. The van der Waals surface area contributed by atoms with Gasteiger partial charge in [0.1, 0.15) is 5.69 Å². The first-order valence-corrected chi connectivity index (χ1v) is 14.0. The second kappa shape index (κ2) is 10.1. The van der Waals surface area contributed by atoms with Gasteiger partial charge >= 0.3 is 5.97 Å². The highest BCUT2D eigenvalue weighted by atomic mass is 16.5. The number of aromatic nitrogens is 5. The Labute approximate surface area is 229 Å². The molecule has 0 bridgehead atoms. The lowest BCUT2D eigenvalue weighted by Crippen LogP contribution is -2.52. The molecule has 3 aromatic heterocycles. The van der Waals surface area contributed by atoms with E-state index in [0.717, 1.165) is 5.69 Å². The van der Waals surface area contributed by atoms with E-state index in [4.69, 9.17) is 14.8 Å². The molecule has 3 aromatic rings. The van der Waals surface area contributed by atoms with Crippen molar-refractivity contribution in [3.8, 4) is 0 Å². The molecule has 1 saturated heterocycles. The predicted octanol–water partition coefficient (Wildman–Crippen LogP) is 2.96. The molecule has 39 heavy (non-hydrogen) atoms. The first-order chi connectivity index (χ1) is 18.9. The fourth-order valence-electron chi connectivity index (χ4n) is 6.25. The summed E-state index contributed by atoms with van der Waals surface area (Å²) in [5, 5.41) is 15.1. The summed E-state index contributed by atoms with van der Waals surface area (Å²) in [6.45, 7) is 3.12. The maximum Gasteiger partial charge on any atom is 0.321 e. The summed E-state index contributed by atoms with van der Waals surface area (Å²) in [5.41, 5.74) is 1.27. The van der Waals surface area contributed by atoms with Crippen molar-refractivity contribution in [2.24, 2.45) is 23.2 Å². The molecule has 11 heteroatoms. The summed E-state index contributed by atoms with van der Waals surface area (Å²) in [5.74, 6) is 0.469. The van der Waals surface area contributed by atoms with Crippen LogP contribution in [0.4, 0.5) is 0 Å². The number of piperidine rings is 1. The van der Waals surface area contributed by atoms with Crippen LogP contribution in [0.5, 0.6) is 0 Å². The number of aryl methyl sites for hydroxylation is 1. The number of carbonyl (C=O) groups excluding carboxylic acids is 3. The summed E-state index contributed by atoms with van der Waals surface area (Å²) in [4.78, 5) is 43.9. The number of ether oxygens (including phenoxy) is 1. The Morgan fingerprint density at radius 1 is 1.23 bits per heavy atom. The first kappa shape index (κ1) is 25.5. The van der Waals surface area contributed by atoms with Gasteiger partial charge in [-0.1, -0.05) is 0 Å². The average Bonchev–Trinajstić information content (AvgIpc) is 3.87. The molecule has 210 valence electrons. The molecular weight excluding hydrogens is 498 g/mol. The van der Waals surface area contributed by atoms with E-state index in [-0.39, 0.29) is 27.1 Å². The summed E-state index contributed by atoms with van der Waals surface area (Å²) >= 11 is 0. The fraction of sp³-hybridized carbons (Fsp3) is 0.571. The Morgan fingerprint density at radius 2 is 2.00 bits per heavy atom. The van der Waals surface area contributed by atoms with Gasteiger partial charge in [-0.2, -0.15) is 10.2 Å². The number of nitrogens with zero attached hydrogens (tertiary/aromatic N) is 5. The number of carbonyl (C=O) groups is 3. The van der Waals surface area contributed by atoms with Crippen molar-refractivity contribution in [2.75, 3.05) is 13.7 Å². The summed E-state index contributed by atoms with van der Waals surface area (Å²) in [7, 11) is 1.31. The van der Waals surface area contributed by atoms with E-state index in [9.17, 15) is 14.4 Å². The monoisotopic (exact) mass is 537 g/mol. The van der Waals surface area contributed by atoms with Crippen molar-refractivity contribution >= 4 is 23.4 Å². The molecule has 3 aliphatic rings. The van der Waals surface area contributed by atoms with E-state index in [1.165, 1.54) is 32.8 Å². The van der Waals surface area contributed by atoms with Crippen LogP contribution in [-0.4, -0.2) is 55.8 Å². The number of rotatable bonds is 10. The van der Waals surface area contributed by atoms with Gasteiger partial charge in [0, 0.05) is 28.6 Å². The van der Waals surface area contributed by atoms with Crippen LogP contribution < -0.4 is 10.6 Å². The molecule has 2 atom stereocenters. The molecule has 1 aliphatic heterocycles. The lowest BCUT2D eigenvalue weighted by molar-refractivity contribution is -0.161. The van der Waals surface area contributed by atoms with Crippen LogP contribution in [0.3, 0.4) is 0 Å². The Bertz CT molecular complexity index is 1400. The summed E-state index contributed by atoms with van der Waals surface area (Å²) in [6.07, 6.45) is 9.47. The molecule has 0 radical (unpaired) electrons. The van der Waals surface area contributed by atoms with Crippen LogP contribution in [0.25, 0.3) is 5.65 Å². The van der Waals surface area contributed by atoms with Crippen molar-refractivity contribution < 1.29 is 22.0 Å². The van der Waals surface area contributed by atoms with Gasteiger partial charge in [-0.15, -0.1) is 0 Å². The topological polar surface area (TPSA) is 133 Å². The van der Waals surface area contributed by atoms with Crippen LogP contribution in [0, 0.1) is 23.2 Å². The Kier molecular flexibility index (Phi) is 6.60. The quantitative estimate of drug-likeness (QED) is 0.300. The van der Waals surface area contributed by atoms with E-state index in [1.807, 2.05) is 25.3 Å². The van der Waals surface area contributed by atoms with E-state index >= 15 is 0 Å². The van der Waals surface area contributed by atoms with E-state index in [1.54, 1.807) is 21.5 Å². The minimum atomic E-state index is -1.29. The van der Waals surface area contributed by atoms with Gasteiger partial charge in [-0.25, -0.2) is 9.50 Å². The van der Waals surface area contributed by atoms with Crippen molar-refractivity contribution in [3.05, 3.63) is 47.7 Å². The molecule has 4 heterocycles. The SMILES string of the molecule is CCn1nccc1C(=O)N[C@H](c1cn2nc(CC3(C(=O)OC)CCCNC3=O)ccc2n1)C(C1CC1)C1CC1.[HH].[HH]. The Hall–Kier alpha value is -3.76. The Balaban J connectivity index is 0.00000194. The standard InChI is InChI=1S/C28H35N7O4.2H2/c1-3-34-21(11-14-30-34)25(36)32-24(23(17-5-6-17)18-7-8-18)20-16-35-22(31-20)10-9-19(33-35)15-28(27(38)39-2)12-4-13-29-26(28)37;;/h9-11,14,16-18,23-24H,3-8,12-13,15H2,1-2H3,(H,29,37)(H,32,36);2*1H/t24-,28?;;/m1../s1. The maximum atomic E-state index is 13.4. The lowest BCUT2D eigenvalue weighted by atomic mass is 9.76. The zero-order chi connectivity index (χ0) is 27.1. The first-order valence-electron chi connectivity index (χ1n) is 14.0. The lowest BCUT2D eigenvalue weighted by Gasteiger charge is -2.33. The molecule has 2 N–H and O–H groups in total. The van der Waals surface area contributed by atoms with Gasteiger partial charge < -0.3 is 15.4 Å². The van der Waals surface area contributed by atoms with Crippen molar-refractivity contribution in [3.63, 3.8) is 0 Å². The van der Waals surface area contributed by atoms with E-state index in [0.29, 0.717) is 60.7 Å². The second-order valence-electron chi connectivity index (χ2n) is 11.1. The normalized spacial score (nSPS) is 22.1. The van der Waals surface area contributed by atoms with E-state index < -0.39 is 11.4 Å². The van der Waals surface area contributed by atoms with Crippen molar-refractivity contribution in [1.82, 2.24) is 35.0 Å². The van der Waals surface area contributed by atoms with Crippen LogP contribution in [0.2, 0.25) is 0 Å².